The number of hydrogen-bond acceptors (Lipinski definition) is 3. The number of halogens is 2. The summed E-state index contributed by atoms with van der Waals surface area (Å²) in [7, 11) is 1.47. The molecule has 2 N–H and O–H groups in total. The van der Waals surface area contributed by atoms with Crippen molar-refractivity contribution in [2.24, 2.45) is 0 Å². The van der Waals surface area contributed by atoms with Crippen LogP contribution in [0.3, 0.4) is 0 Å². The number of urea groups is 1. The fraction of sp³-hybridized carbons (Fsp3) is 0.389. The Hall–Kier alpha value is -2.97. The number of carbonyl (C=O) groups is 2. The quantitative estimate of drug-likeness (QED) is 0.700. The predicted molar refractivity (Wildman–Crippen MR) is 94.3 cm³/mol. The molecule has 27 heavy (non-hydrogen) atoms. The minimum Gasteiger partial charge on any atom is -0.481 e. The number of imidazole rings is 1. The molecule has 7 nitrogen and oxygen atoms in total. The molecule has 0 aliphatic rings. The van der Waals surface area contributed by atoms with E-state index in [1.165, 1.54) is 18.1 Å². The number of carboxylic acid groups (broad SMARTS) is 1. The van der Waals surface area contributed by atoms with Gasteiger partial charge in [-0.05, 0) is 18.4 Å². The van der Waals surface area contributed by atoms with Crippen LogP contribution in [0.5, 0.6) is 0 Å². The van der Waals surface area contributed by atoms with Gasteiger partial charge in [0.15, 0.2) is 0 Å². The predicted octanol–water partition coefficient (Wildman–Crippen LogP) is 2.90. The topological polar surface area (TPSA) is 87.5 Å². The number of carboxylic acids is 1. The van der Waals surface area contributed by atoms with Gasteiger partial charge in [-0.2, -0.15) is 8.78 Å². The van der Waals surface area contributed by atoms with Crippen LogP contribution >= 0.6 is 0 Å². The van der Waals surface area contributed by atoms with E-state index in [0.717, 1.165) is 11.8 Å². The Kier molecular flexibility index (Phi) is 7.27. The van der Waals surface area contributed by atoms with Crippen LogP contribution in [0.1, 0.15) is 30.8 Å². The lowest BCUT2D eigenvalue weighted by atomic mass is 10.0. The van der Waals surface area contributed by atoms with E-state index in [4.69, 9.17) is 5.11 Å². The van der Waals surface area contributed by atoms with E-state index >= 15 is 0 Å². The second kappa shape index (κ2) is 9.65. The standard InChI is InChI=1S/C18H22F2N4O3/c1-23(12-15-21-9-10-24(15)17(19)20)18(27)22-14(7-8-16(25)26)11-13-5-3-2-4-6-13/h2-6,9-10,14,17H,7-8,11-12H2,1H3,(H,22,27)(H,25,26). The maximum Gasteiger partial charge on any atom is 0.319 e. The second-order valence-electron chi connectivity index (χ2n) is 6.15. The van der Waals surface area contributed by atoms with Crippen LogP contribution in [0.4, 0.5) is 13.6 Å². The number of amides is 2. The van der Waals surface area contributed by atoms with Crippen molar-refractivity contribution in [2.45, 2.75) is 38.4 Å². The summed E-state index contributed by atoms with van der Waals surface area (Å²) in [5, 5.41) is 11.7. The van der Waals surface area contributed by atoms with Gasteiger partial charge in [0, 0.05) is 31.9 Å². The Balaban J connectivity index is 2.00. The van der Waals surface area contributed by atoms with E-state index in [-0.39, 0.29) is 25.2 Å². The zero-order valence-corrected chi connectivity index (χ0v) is 14.9. The van der Waals surface area contributed by atoms with Gasteiger partial charge in [0.05, 0.1) is 6.54 Å². The summed E-state index contributed by atoms with van der Waals surface area (Å²) < 4.78 is 26.5. The van der Waals surface area contributed by atoms with Crippen LogP contribution in [0.25, 0.3) is 0 Å². The molecule has 0 aliphatic carbocycles. The van der Waals surface area contributed by atoms with Gasteiger partial charge in [-0.25, -0.2) is 9.78 Å². The van der Waals surface area contributed by atoms with Gasteiger partial charge in [0.1, 0.15) is 5.82 Å². The molecule has 0 spiro atoms. The Morgan fingerprint density at radius 1 is 1.30 bits per heavy atom. The smallest absolute Gasteiger partial charge is 0.319 e. The first-order chi connectivity index (χ1) is 12.9. The number of nitrogens with zero attached hydrogens (tertiary/aromatic N) is 3. The zero-order valence-electron chi connectivity index (χ0n) is 14.9. The van der Waals surface area contributed by atoms with E-state index in [1.807, 2.05) is 30.3 Å². The summed E-state index contributed by atoms with van der Waals surface area (Å²) in [6.45, 7) is -2.83. The number of carbonyl (C=O) groups excluding carboxylic acids is 1. The summed E-state index contributed by atoms with van der Waals surface area (Å²) >= 11 is 0. The highest BCUT2D eigenvalue weighted by atomic mass is 19.3. The van der Waals surface area contributed by atoms with Gasteiger partial charge in [-0.3, -0.25) is 9.36 Å². The third kappa shape index (κ3) is 6.36. The molecular formula is C18H22F2N4O3. The highest BCUT2D eigenvalue weighted by molar-refractivity contribution is 5.74. The van der Waals surface area contributed by atoms with Crippen LogP contribution in [0.15, 0.2) is 42.7 Å². The molecule has 2 amide bonds. The number of aliphatic carboxylic acids is 1. The van der Waals surface area contributed by atoms with Crippen molar-refractivity contribution >= 4 is 12.0 Å². The zero-order chi connectivity index (χ0) is 19.8. The molecule has 0 radical (unpaired) electrons. The average molecular weight is 380 g/mol. The van der Waals surface area contributed by atoms with E-state index in [0.29, 0.717) is 11.0 Å². The van der Waals surface area contributed by atoms with Gasteiger partial charge in [0.2, 0.25) is 0 Å². The summed E-state index contributed by atoms with van der Waals surface area (Å²) in [6.07, 6.45) is 3.04. The van der Waals surface area contributed by atoms with Crippen LogP contribution < -0.4 is 5.32 Å². The SMILES string of the molecule is CN(Cc1nccn1C(F)F)C(=O)NC(CCC(=O)O)Cc1ccccc1. The van der Waals surface area contributed by atoms with Crippen molar-refractivity contribution in [3.05, 3.63) is 54.1 Å². The average Bonchev–Trinajstić information content (AvgIpc) is 3.08. The van der Waals surface area contributed by atoms with E-state index in [2.05, 4.69) is 10.3 Å². The van der Waals surface area contributed by atoms with Crippen molar-refractivity contribution in [1.29, 1.82) is 0 Å². The molecule has 0 aliphatic heterocycles. The van der Waals surface area contributed by atoms with Gasteiger partial charge < -0.3 is 15.3 Å². The maximum atomic E-state index is 12.9. The Morgan fingerprint density at radius 3 is 2.63 bits per heavy atom. The first kappa shape index (κ1) is 20.3. The lowest BCUT2D eigenvalue weighted by Gasteiger charge is -2.23. The molecular weight excluding hydrogens is 358 g/mol. The summed E-state index contributed by atoms with van der Waals surface area (Å²) in [4.78, 5) is 28.4. The third-order valence-electron chi connectivity index (χ3n) is 4.04. The first-order valence-corrected chi connectivity index (χ1v) is 8.44. The van der Waals surface area contributed by atoms with Crippen molar-refractivity contribution in [2.75, 3.05) is 7.05 Å². The van der Waals surface area contributed by atoms with E-state index in [9.17, 15) is 18.4 Å². The normalized spacial score (nSPS) is 12.0. The molecule has 0 bridgehead atoms. The van der Waals surface area contributed by atoms with Gasteiger partial charge in [0.25, 0.3) is 0 Å². The minimum atomic E-state index is -2.74. The molecule has 1 atom stereocenters. The molecule has 9 heteroatoms. The fourth-order valence-corrected chi connectivity index (χ4v) is 2.63. The highest BCUT2D eigenvalue weighted by Gasteiger charge is 2.20. The van der Waals surface area contributed by atoms with Gasteiger partial charge in [-0.15, -0.1) is 0 Å². The van der Waals surface area contributed by atoms with Crippen molar-refractivity contribution in [1.82, 2.24) is 19.8 Å². The lowest BCUT2D eigenvalue weighted by Crippen LogP contribution is -2.44. The van der Waals surface area contributed by atoms with Crippen molar-refractivity contribution in [3.8, 4) is 0 Å². The monoisotopic (exact) mass is 380 g/mol. The van der Waals surface area contributed by atoms with E-state index < -0.39 is 24.6 Å². The second-order valence-corrected chi connectivity index (χ2v) is 6.15. The fourth-order valence-electron chi connectivity index (χ4n) is 2.63. The van der Waals surface area contributed by atoms with Crippen LogP contribution in [-0.2, 0) is 17.8 Å². The highest BCUT2D eigenvalue weighted by Crippen LogP contribution is 2.14. The molecule has 1 unspecified atom stereocenters. The molecule has 0 fully saturated rings. The summed E-state index contributed by atoms with van der Waals surface area (Å²) in [6, 6.07) is 8.50. The molecule has 1 heterocycles. The number of alkyl halides is 2. The maximum absolute atomic E-state index is 12.9. The summed E-state index contributed by atoms with van der Waals surface area (Å²) in [5.74, 6) is -0.887. The number of aromatic nitrogens is 2. The molecule has 0 saturated heterocycles. The minimum absolute atomic E-state index is 0.0628. The lowest BCUT2D eigenvalue weighted by molar-refractivity contribution is -0.137. The first-order valence-electron chi connectivity index (χ1n) is 8.44. The number of hydrogen-bond donors (Lipinski definition) is 2. The van der Waals surface area contributed by atoms with Crippen molar-refractivity contribution < 1.29 is 23.5 Å². The molecule has 146 valence electrons. The van der Waals surface area contributed by atoms with Crippen LogP contribution in [0, 0.1) is 0 Å². The Bertz CT molecular complexity index is 752. The molecule has 1 aromatic heterocycles. The van der Waals surface area contributed by atoms with Crippen LogP contribution in [-0.4, -0.2) is 44.6 Å². The Labute approximate surface area is 155 Å². The molecule has 2 rings (SSSR count). The number of nitrogens with one attached hydrogen (secondary N) is 1. The largest absolute Gasteiger partial charge is 0.481 e. The van der Waals surface area contributed by atoms with Gasteiger partial charge >= 0.3 is 18.5 Å². The number of rotatable bonds is 9. The third-order valence-corrected chi connectivity index (χ3v) is 4.04. The van der Waals surface area contributed by atoms with Crippen LogP contribution in [0.2, 0.25) is 0 Å². The molecule has 0 saturated carbocycles. The molecule has 1 aromatic carbocycles. The van der Waals surface area contributed by atoms with E-state index in [1.54, 1.807) is 0 Å². The van der Waals surface area contributed by atoms with Crippen molar-refractivity contribution in [3.63, 3.8) is 0 Å². The van der Waals surface area contributed by atoms with Gasteiger partial charge in [-0.1, -0.05) is 30.3 Å². The molecule has 2 aromatic rings. The Morgan fingerprint density at radius 2 is 2.00 bits per heavy atom. The summed E-state index contributed by atoms with van der Waals surface area (Å²) in [5.41, 5.74) is 0.962. The number of benzene rings is 1.